The quantitative estimate of drug-likeness (QED) is 0.229. The summed E-state index contributed by atoms with van der Waals surface area (Å²) in [6.07, 6.45) is 10.5. The number of fused-ring (bicyclic) bond motifs is 2. The molecule has 2 aromatic carbocycles. The third-order valence-corrected chi connectivity index (χ3v) is 5.36. The molecule has 0 fully saturated rings. The molecule has 0 radical (unpaired) electrons. The van der Waals surface area contributed by atoms with Crippen molar-refractivity contribution >= 4 is 34.4 Å². The number of benzene rings is 2. The maximum absolute atomic E-state index is 7.35. The Morgan fingerprint density at radius 2 is 1.03 bits per heavy atom. The largest absolute Gasteiger partial charge is 0.461 e. The van der Waals surface area contributed by atoms with Crippen LogP contribution >= 0.6 is 0 Å². The lowest BCUT2D eigenvalue weighted by molar-refractivity contribution is 0.509. The molecule has 4 nitrogen and oxygen atoms in total. The minimum absolute atomic E-state index is 0.907. The smallest absolute Gasteiger partial charge is 0.134 e. The minimum atomic E-state index is 0.907. The van der Waals surface area contributed by atoms with Crippen molar-refractivity contribution in [2.24, 2.45) is 0 Å². The second-order valence-corrected chi connectivity index (χ2v) is 7.58. The third kappa shape index (κ3) is 4.65. The fourth-order valence-electron chi connectivity index (χ4n) is 3.79. The van der Waals surface area contributed by atoms with Crippen LogP contribution in [0.15, 0.2) is 57.4 Å². The fraction of sp³-hybridized carbons (Fsp3) is 0.280. The first-order valence-corrected chi connectivity index (χ1v) is 10.3. The van der Waals surface area contributed by atoms with Crippen LogP contribution < -0.4 is 0 Å². The normalized spacial score (nSPS) is 11.3. The molecule has 0 saturated carbocycles. The molecule has 0 aliphatic heterocycles. The van der Waals surface area contributed by atoms with Crippen LogP contribution in [0, 0.1) is 10.8 Å². The van der Waals surface area contributed by atoms with E-state index < -0.39 is 0 Å². The van der Waals surface area contributed by atoms with Gasteiger partial charge in [-0.15, -0.1) is 0 Å². The second-order valence-electron chi connectivity index (χ2n) is 7.58. The molecule has 0 spiro atoms. The van der Waals surface area contributed by atoms with Crippen molar-refractivity contribution in [3.05, 3.63) is 71.2 Å². The maximum Gasteiger partial charge on any atom is 0.134 e. The molecular formula is C25H26N2O2. The number of nitrogens with one attached hydrogen (secondary N) is 2. The number of aryl methyl sites for hydroxylation is 2. The van der Waals surface area contributed by atoms with Gasteiger partial charge in [-0.2, -0.15) is 0 Å². The molecule has 0 atom stereocenters. The van der Waals surface area contributed by atoms with Crippen LogP contribution in [0.3, 0.4) is 0 Å². The molecule has 0 bridgehead atoms. The van der Waals surface area contributed by atoms with Crippen LogP contribution in [0.2, 0.25) is 0 Å². The van der Waals surface area contributed by atoms with E-state index in [1.807, 2.05) is 36.4 Å². The highest BCUT2D eigenvalue weighted by Gasteiger charge is 2.06. The molecule has 29 heavy (non-hydrogen) atoms. The predicted molar refractivity (Wildman–Crippen MR) is 119 cm³/mol. The van der Waals surface area contributed by atoms with Crippen LogP contribution in [0.1, 0.15) is 54.8 Å². The van der Waals surface area contributed by atoms with Crippen LogP contribution in [0.25, 0.3) is 21.9 Å². The highest BCUT2D eigenvalue weighted by atomic mass is 16.3. The van der Waals surface area contributed by atoms with Gasteiger partial charge in [0, 0.05) is 36.0 Å². The van der Waals surface area contributed by atoms with Gasteiger partial charge in [-0.05, 0) is 72.5 Å². The van der Waals surface area contributed by atoms with E-state index in [4.69, 9.17) is 19.7 Å². The molecule has 148 valence electrons. The summed E-state index contributed by atoms with van der Waals surface area (Å²) in [7, 11) is 0. The van der Waals surface area contributed by atoms with Gasteiger partial charge >= 0.3 is 0 Å². The number of furan rings is 2. The van der Waals surface area contributed by atoms with Crippen molar-refractivity contribution in [1.82, 2.24) is 0 Å². The van der Waals surface area contributed by atoms with Gasteiger partial charge in [0.15, 0.2) is 0 Å². The van der Waals surface area contributed by atoms with Crippen LogP contribution in [-0.4, -0.2) is 12.4 Å². The summed E-state index contributed by atoms with van der Waals surface area (Å²) in [5.74, 6) is 2.07. The zero-order chi connectivity index (χ0) is 20.1. The van der Waals surface area contributed by atoms with E-state index in [0.717, 1.165) is 70.3 Å². The van der Waals surface area contributed by atoms with Crippen molar-refractivity contribution in [3.8, 4) is 0 Å². The Hall–Kier alpha value is -3.14. The first-order chi connectivity index (χ1) is 14.2. The monoisotopic (exact) mass is 386 g/mol. The van der Waals surface area contributed by atoms with Crippen molar-refractivity contribution in [1.29, 1.82) is 10.8 Å². The van der Waals surface area contributed by atoms with Gasteiger partial charge in [0.2, 0.25) is 0 Å². The SMILES string of the molecule is N=Cc1ccc2oc(CCCCCCCc3cc4cc(C=N)ccc4o3)cc2c1. The Bertz CT molecular complexity index is 1050. The molecule has 2 heterocycles. The highest BCUT2D eigenvalue weighted by molar-refractivity contribution is 5.88. The predicted octanol–water partition coefficient (Wildman–Crippen LogP) is 6.91. The Labute approximate surface area is 170 Å². The number of hydrogen-bond acceptors (Lipinski definition) is 4. The Morgan fingerprint density at radius 1 is 0.586 bits per heavy atom. The highest BCUT2D eigenvalue weighted by Crippen LogP contribution is 2.23. The van der Waals surface area contributed by atoms with Crippen LogP contribution in [0.4, 0.5) is 0 Å². The first kappa shape index (κ1) is 19.2. The van der Waals surface area contributed by atoms with Gasteiger partial charge in [0.25, 0.3) is 0 Å². The lowest BCUT2D eigenvalue weighted by Gasteiger charge is -2.00. The Kier molecular flexibility index (Phi) is 5.89. The lowest BCUT2D eigenvalue weighted by atomic mass is 10.1. The van der Waals surface area contributed by atoms with E-state index in [1.54, 1.807) is 0 Å². The second kappa shape index (κ2) is 8.91. The topological polar surface area (TPSA) is 74.0 Å². The van der Waals surface area contributed by atoms with Crippen molar-refractivity contribution in [2.45, 2.75) is 44.9 Å². The van der Waals surface area contributed by atoms with E-state index in [9.17, 15) is 0 Å². The minimum Gasteiger partial charge on any atom is -0.461 e. The molecule has 0 aliphatic carbocycles. The van der Waals surface area contributed by atoms with Crippen molar-refractivity contribution in [3.63, 3.8) is 0 Å². The summed E-state index contributed by atoms with van der Waals surface area (Å²) in [6.45, 7) is 0. The average Bonchev–Trinajstić information content (AvgIpc) is 3.34. The van der Waals surface area contributed by atoms with E-state index in [-0.39, 0.29) is 0 Å². The van der Waals surface area contributed by atoms with E-state index in [2.05, 4.69) is 12.1 Å². The fourth-order valence-corrected chi connectivity index (χ4v) is 3.79. The summed E-state index contributed by atoms with van der Waals surface area (Å²) in [5, 5.41) is 16.9. The summed E-state index contributed by atoms with van der Waals surface area (Å²) in [6, 6.07) is 15.9. The van der Waals surface area contributed by atoms with Gasteiger partial charge in [-0.1, -0.05) is 19.3 Å². The van der Waals surface area contributed by atoms with Gasteiger partial charge in [0.1, 0.15) is 22.7 Å². The zero-order valence-electron chi connectivity index (χ0n) is 16.5. The van der Waals surface area contributed by atoms with Crippen molar-refractivity contribution < 1.29 is 8.83 Å². The summed E-state index contributed by atoms with van der Waals surface area (Å²) >= 11 is 0. The molecule has 4 heteroatoms. The molecular weight excluding hydrogens is 360 g/mol. The van der Waals surface area contributed by atoms with Crippen LogP contribution in [0.5, 0.6) is 0 Å². The first-order valence-electron chi connectivity index (χ1n) is 10.3. The molecule has 4 rings (SSSR count). The Morgan fingerprint density at radius 3 is 1.48 bits per heavy atom. The number of rotatable bonds is 10. The maximum atomic E-state index is 7.35. The third-order valence-electron chi connectivity index (χ3n) is 5.36. The summed E-state index contributed by atoms with van der Waals surface area (Å²) in [5.41, 5.74) is 3.63. The zero-order valence-corrected chi connectivity index (χ0v) is 16.5. The number of unbranched alkanes of at least 4 members (excludes halogenated alkanes) is 4. The van der Waals surface area contributed by atoms with E-state index in [0.29, 0.717) is 0 Å². The van der Waals surface area contributed by atoms with E-state index >= 15 is 0 Å². The molecule has 0 unspecified atom stereocenters. The molecule has 2 N–H and O–H groups in total. The summed E-state index contributed by atoms with van der Waals surface area (Å²) < 4.78 is 11.8. The lowest BCUT2D eigenvalue weighted by Crippen LogP contribution is -1.86. The Balaban J connectivity index is 1.17. The van der Waals surface area contributed by atoms with Crippen LogP contribution in [-0.2, 0) is 12.8 Å². The van der Waals surface area contributed by atoms with Gasteiger partial charge in [-0.25, -0.2) is 0 Å². The molecule has 2 aromatic heterocycles. The molecule has 0 amide bonds. The molecule has 0 saturated heterocycles. The molecule has 0 aliphatic rings. The van der Waals surface area contributed by atoms with Crippen molar-refractivity contribution in [2.75, 3.05) is 0 Å². The van der Waals surface area contributed by atoms with E-state index in [1.165, 1.54) is 31.7 Å². The summed E-state index contributed by atoms with van der Waals surface area (Å²) in [4.78, 5) is 0. The van der Waals surface area contributed by atoms with Gasteiger partial charge < -0.3 is 19.7 Å². The van der Waals surface area contributed by atoms with Gasteiger partial charge in [0.05, 0.1) is 0 Å². The van der Waals surface area contributed by atoms with Gasteiger partial charge in [-0.3, -0.25) is 0 Å². The average molecular weight is 386 g/mol. The number of hydrogen-bond donors (Lipinski definition) is 2. The molecule has 4 aromatic rings. The standard InChI is InChI=1S/C25H26N2O2/c26-16-18-8-10-24-20(12-18)14-22(28-24)6-4-2-1-3-5-7-23-15-21-13-19(17-27)9-11-25(21)29-23/h8-17,26-27H,1-7H2.